The number of hydrogen-bond donors (Lipinski definition) is 0. The number of fused-ring (bicyclic) bond motifs is 10. The summed E-state index contributed by atoms with van der Waals surface area (Å²) in [7, 11) is 0. The van der Waals surface area contributed by atoms with Crippen LogP contribution in [0.25, 0.3) is 44.5 Å². The van der Waals surface area contributed by atoms with Crippen molar-refractivity contribution in [2.75, 3.05) is 4.90 Å². The lowest BCUT2D eigenvalue weighted by molar-refractivity contribution is 0.794. The first-order chi connectivity index (χ1) is 24.8. The van der Waals surface area contributed by atoms with E-state index in [2.05, 4.69) is 205 Å². The second-order valence-electron chi connectivity index (χ2n) is 13.3. The van der Waals surface area contributed by atoms with Gasteiger partial charge in [-0.1, -0.05) is 164 Å². The average Bonchev–Trinajstić information content (AvgIpc) is 3.66. The van der Waals surface area contributed by atoms with Crippen molar-refractivity contribution in [3.63, 3.8) is 0 Å². The molecule has 0 aliphatic heterocycles. The first kappa shape index (κ1) is 28.6. The van der Waals surface area contributed by atoms with Gasteiger partial charge in [0.05, 0.1) is 5.41 Å². The Bertz CT molecular complexity index is 2470. The predicted molar refractivity (Wildman–Crippen MR) is 208 cm³/mol. The van der Waals surface area contributed by atoms with Crippen LogP contribution in [-0.4, -0.2) is 0 Å². The van der Waals surface area contributed by atoms with Crippen LogP contribution in [0, 0.1) is 0 Å². The van der Waals surface area contributed by atoms with Crippen LogP contribution >= 0.6 is 0 Å². The molecule has 0 saturated carbocycles. The lowest BCUT2D eigenvalue weighted by atomic mass is 9.70. The maximum atomic E-state index is 2.41. The van der Waals surface area contributed by atoms with E-state index in [-0.39, 0.29) is 5.41 Å². The molecule has 2 aliphatic rings. The van der Waals surface area contributed by atoms with E-state index >= 15 is 0 Å². The molecule has 2 aliphatic carbocycles. The molecule has 0 heterocycles. The van der Waals surface area contributed by atoms with E-state index in [1.54, 1.807) is 0 Å². The van der Waals surface area contributed by atoms with Gasteiger partial charge in [-0.2, -0.15) is 0 Å². The molecule has 0 fully saturated rings. The van der Waals surface area contributed by atoms with Crippen molar-refractivity contribution in [1.29, 1.82) is 0 Å². The summed E-state index contributed by atoms with van der Waals surface area (Å²) >= 11 is 0. The van der Waals surface area contributed by atoms with Gasteiger partial charge < -0.3 is 4.90 Å². The van der Waals surface area contributed by atoms with Crippen molar-refractivity contribution in [2.24, 2.45) is 0 Å². The van der Waals surface area contributed by atoms with Gasteiger partial charge in [0.25, 0.3) is 0 Å². The lowest BCUT2D eigenvalue weighted by Crippen LogP contribution is -2.25. The van der Waals surface area contributed by atoms with Crippen molar-refractivity contribution in [1.82, 2.24) is 0 Å². The highest BCUT2D eigenvalue weighted by Gasteiger charge is 2.51. The maximum absolute atomic E-state index is 2.41. The number of para-hydroxylation sites is 1. The van der Waals surface area contributed by atoms with Gasteiger partial charge in [0, 0.05) is 17.1 Å². The molecule has 0 N–H and O–H groups in total. The van der Waals surface area contributed by atoms with Gasteiger partial charge in [-0.25, -0.2) is 0 Å². The van der Waals surface area contributed by atoms with E-state index in [0.29, 0.717) is 0 Å². The molecule has 50 heavy (non-hydrogen) atoms. The first-order valence-corrected chi connectivity index (χ1v) is 17.4. The summed E-state index contributed by atoms with van der Waals surface area (Å²) in [5.41, 5.74) is 18.6. The zero-order chi connectivity index (χ0) is 33.1. The van der Waals surface area contributed by atoms with Crippen LogP contribution < -0.4 is 4.90 Å². The summed E-state index contributed by atoms with van der Waals surface area (Å²) in [6.07, 6.45) is 0. The minimum atomic E-state index is -0.340. The Kier molecular flexibility index (Phi) is 6.47. The van der Waals surface area contributed by atoms with Gasteiger partial charge in [-0.05, 0) is 103 Å². The fraction of sp³-hybridized carbons (Fsp3) is 0.0204. The molecule has 10 rings (SSSR count). The summed E-state index contributed by atoms with van der Waals surface area (Å²) in [4.78, 5) is 2.38. The van der Waals surface area contributed by atoms with E-state index in [4.69, 9.17) is 0 Å². The fourth-order valence-electron chi connectivity index (χ4n) is 8.54. The molecule has 0 radical (unpaired) electrons. The third kappa shape index (κ3) is 4.20. The summed E-state index contributed by atoms with van der Waals surface area (Å²) in [5.74, 6) is 0. The van der Waals surface area contributed by atoms with Gasteiger partial charge in [-0.15, -0.1) is 0 Å². The van der Waals surface area contributed by atoms with Crippen molar-refractivity contribution < 1.29 is 0 Å². The van der Waals surface area contributed by atoms with Crippen LogP contribution in [-0.2, 0) is 5.41 Å². The Hall–Kier alpha value is -6.44. The average molecular weight is 636 g/mol. The molecular formula is C49H33N. The molecule has 8 aromatic rings. The van der Waals surface area contributed by atoms with E-state index < -0.39 is 0 Å². The molecule has 0 unspecified atom stereocenters. The Morgan fingerprint density at radius 1 is 0.260 bits per heavy atom. The van der Waals surface area contributed by atoms with Crippen molar-refractivity contribution in [2.45, 2.75) is 5.41 Å². The van der Waals surface area contributed by atoms with E-state index in [1.807, 2.05) is 0 Å². The van der Waals surface area contributed by atoms with Gasteiger partial charge >= 0.3 is 0 Å². The Balaban J connectivity index is 1.09. The van der Waals surface area contributed by atoms with Gasteiger partial charge in [0.2, 0.25) is 0 Å². The normalized spacial score (nSPS) is 13.0. The van der Waals surface area contributed by atoms with Gasteiger partial charge in [0.1, 0.15) is 0 Å². The van der Waals surface area contributed by atoms with Gasteiger partial charge in [-0.3, -0.25) is 0 Å². The summed E-state index contributed by atoms with van der Waals surface area (Å²) in [5, 5.41) is 0. The molecule has 0 amide bonds. The molecular weight excluding hydrogens is 603 g/mol. The zero-order valence-corrected chi connectivity index (χ0v) is 27.5. The summed E-state index contributed by atoms with van der Waals surface area (Å²) in [6, 6.07) is 73.2. The lowest BCUT2D eigenvalue weighted by Gasteiger charge is -2.31. The Morgan fingerprint density at radius 2 is 0.620 bits per heavy atom. The molecule has 0 bridgehead atoms. The van der Waals surface area contributed by atoms with Crippen LogP contribution in [0.1, 0.15) is 22.3 Å². The Labute approximate surface area is 293 Å². The van der Waals surface area contributed by atoms with E-state index in [0.717, 1.165) is 17.1 Å². The number of hydrogen-bond acceptors (Lipinski definition) is 1. The summed E-state index contributed by atoms with van der Waals surface area (Å²) in [6.45, 7) is 0. The number of benzene rings is 8. The number of nitrogens with zero attached hydrogens (tertiary/aromatic N) is 1. The second-order valence-corrected chi connectivity index (χ2v) is 13.3. The van der Waals surface area contributed by atoms with E-state index in [9.17, 15) is 0 Å². The van der Waals surface area contributed by atoms with Crippen LogP contribution in [0.5, 0.6) is 0 Å². The first-order valence-electron chi connectivity index (χ1n) is 17.4. The highest BCUT2D eigenvalue weighted by atomic mass is 15.1. The topological polar surface area (TPSA) is 3.24 Å². The molecule has 8 aromatic carbocycles. The largest absolute Gasteiger partial charge is 0.310 e. The molecule has 1 heteroatoms. The van der Waals surface area contributed by atoms with Crippen LogP contribution in [0.2, 0.25) is 0 Å². The maximum Gasteiger partial charge on any atom is 0.0725 e. The van der Waals surface area contributed by atoms with Crippen LogP contribution in [0.15, 0.2) is 200 Å². The van der Waals surface area contributed by atoms with Crippen molar-refractivity contribution in [3.05, 3.63) is 222 Å². The van der Waals surface area contributed by atoms with Crippen molar-refractivity contribution >= 4 is 17.1 Å². The minimum absolute atomic E-state index is 0.340. The van der Waals surface area contributed by atoms with Crippen LogP contribution in [0.4, 0.5) is 17.1 Å². The standard InChI is InChI=1S/C49H33N/c1-3-13-34(14-4-1)35-23-25-36(26-24-35)37-27-29-39(30-28-37)50(38-15-5-2-6-16-38)40-31-32-48-44(33-40)43-19-9-12-22-47(43)49(48)45-20-10-7-17-41(45)42-18-8-11-21-46(42)49/h1-33H. The van der Waals surface area contributed by atoms with Crippen LogP contribution in [0.3, 0.4) is 0 Å². The SMILES string of the molecule is c1ccc(-c2ccc(-c3ccc(N(c4ccccc4)c4ccc5c(c4)-c4ccccc4C54c5ccccc5-c5ccccc54)cc3)cc2)cc1. The molecule has 0 atom stereocenters. The van der Waals surface area contributed by atoms with Crippen molar-refractivity contribution in [3.8, 4) is 44.5 Å². The van der Waals surface area contributed by atoms with E-state index in [1.165, 1.54) is 66.8 Å². The monoisotopic (exact) mass is 635 g/mol. The minimum Gasteiger partial charge on any atom is -0.310 e. The second kappa shape index (κ2) is 11.3. The molecule has 1 nitrogen and oxygen atoms in total. The quantitative estimate of drug-likeness (QED) is 0.182. The third-order valence-electron chi connectivity index (χ3n) is 10.7. The van der Waals surface area contributed by atoms with Gasteiger partial charge in [0.15, 0.2) is 0 Å². The predicted octanol–water partition coefficient (Wildman–Crippen LogP) is 12.8. The Morgan fingerprint density at radius 3 is 1.16 bits per heavy atom. The highest BCUT2D eigenvalue weighted by Crippen LogP contribution is 2.63. The molecule has 0 saturated heterocycles. The number of anilines is 3. The summed E-state index contributed by atoms with van der Waals surface area (Å²) < 4.78 is 0. The molecule has 234 valence electrons. The smallest absolute Gasteiger partial charge is 0.0725 e. The highest BCUT2D eigenvalue weighted by molar-refractivity contribution is 5.96. The molecule has 1 spiro atoms. The fourth-order valence-corrected chi connectivity index (χ4v) is 8.54. The number of rotatable bonds is 5. The molecule has 0 aromatic heterocycles. The third-order valence-corrected chi connectivity index (χ3v) is 10.7. The zero-order valence-electron chi connectivity index (χ0n) is 27.5.